The van der Waals surface area contributed by atoms with Crippen LogP contribution in [-0.4, -0.2) is 79.3 Å². The number of amides is 2. The molecule has 0 radical (unpaired) electrons. The number of nitrogens with zero attached hydrogens (tertiary/aromatic N) is 3. The lowest BCUT2D eigenvalue weighted by atomic mass is 9.92. The highest BCUT2D eigenvalue weighted by Gasteiger charge is 2.40. The Balaban J connectivity index is 0.980. The SMILES string of the molecule is COc1ccc(N2CCN(CCCNC(=O)c3ccc(/C=C4/SC5CCCCC5N(Cc5ccc(C)cc5)C4=O)cc3)CC2)cc1. The van der Waals surface area contributed by atoms with Crippen molar-refractivity contribution in [3.63, 3.8) is 0 Å². The summed E-state index contributed by atoms with van der Waals surface area (Å²) < 4.78 is 5.27. The molecule has 6 rings (SSSR count). The lowest BCUT2D eigenvalue weighted by Gasteiger charge is -2.44. The number of benzene rings is 3. The molecule has 0 bridgehead atoms. The summed E-state index contributed by atoms with van der Waals surface area (Å²) in [4.78, 5) is 34.4. The molecule has 2 heterocycles. The van der Waals surface area contributed by atoms with E-state index in [9.17, 15) is 9.59 Å². The zero-order valence-electron chi connectivity index (χ0n) is 27.1. The minimum Gasteiger partial charge on any atom is -0.497 e. The van der Waals surface area contributed by atoms with Gasteiger partial charge in [-0.05, 0) is 86.3 Å². The second kappa shape index (κ2) is 15.2. The maximum absolute atomic E-state index is 13.8. The van der Waals surface area contributed by atoms with Crippen molar-refractivity contribution in [3.05, 3.63) is 100.0 Å². The van der Waals surface area contributed by atoms with E-state index in [-0.39, 0.29) is 11.8 Å². The average Bonchev–Trinajstić information content (AvgIpc) is 3.10. The number of methoxy groups -OCH3 is 1. The summed E-state index contributed by atoms with van der Waals surface area (Å²) in [6.07, 6.45) is 7.55. The number of aryl methyl sites for hydroxylation is 1. The third kappa shape index (κ3) is 7.96. The number of rotatable bonds is 10. The molecule has 1 aliphatic carbocycles. The van der Waals surface area contributed by atoms with Gasteiger partial charge in [0.25, 0.3) is 11.8 Å². The highest BCUT2D eigenvalue weighted by molar-refractivity contribution is 8.04. The van der Waals surface area contributed by atoms with Gasteiger partial charge >= 0.3 is 0 Å². The second-order valence-electron chi connectivity index (χ2n) is 12.7. The Morgan fingerprint density at radius 3 is 2.37 bits per heavy atom. The molecule has 2 atom stereocenters. The van der Waals surface area contributed by atoms with Gasteiger partial charge in [0, 0.05) is 61.8 Å². The minimum absolute atomic E-state index is 0.0547. The Morgan fingerprint density at radius 1 is 0.935 bits per heavy atom. The molecule has 46 heavy (non-hydrogen) atoms. The molecule has 242 valence electrons. The van der Waals surface area contributed by atoms with Gasteiger partial charge < -0.3 is 19.9 Å². The van der Waals surface area contributed by atoms with Gasteiger partial charge in [-0.3, -0.25) is 14.5 Å². The van der Waals surface area contributed by atoms with Gasteiger partial charge in [-0.1, -0.05) is 54.8 Å². The Bertz CT molecular complexity index is 1500. The number of nitrogens with one attached hydrogen (secondary N) is 1. The van der Waals surface area contributed by atoms with E-state index in [4.69, 9.17) is 4.74 Å². The molecule has 1 saturated carbocycles. The van der Waals surface area contributed by atoms with E-state index in [1.165, 1.54) is 29.7 Å². The van der Waals surface area contributed by atoms with E-state index < -0.39 is 0 Å². The third-order valence-electron chi connectivity index (χ3n) is 9.51. The zero-order valence-corrected chi connectivity index (χ0v) is 27.9. The van der Waals surface area contributed by atoms with Gasteiger partial charge in [0.2, 0.25) is 0 Å². The van der Waals surface area contributed by atoms with Crippen LogP contribution in [0.5, 0.6) is 5.75 Å². The Morgan fingerprint density at radius 2 is 1.65 bits per heavy atom. The summed E-state index contributed by atoms with van der Waals surface area (Å²) in [6.45, 7) is 8.39. The molecule has 8 heteroatoms. The van der Waals surface area contributed by atoms with E-state index in [0.29, 0.717) is 29.9 Å². The summed E-state index contributed by atoms with van der Waals surface area (Å²) in [5, 5.41) is 3.52. The van der Waals surface area contributed by atoms with Crippen LogP contribution in [0, 0.1) is 6.92 Å². The number of thioether (sulfide) groups is 1. The Kier molecular flexibility index (Phi) is 10.7. The molecule has 0 spiro atoms. The van der Waals surface area contributed by atoms with Crippen molar-refractivity contribution >= 4 is 35.3 Å². The molecule has 3 fully saturated rings. The molecule has 2 saturated heterocycles. The molecule has 2 unspecified atom stereocenters. The quantitative estimate of drug-likeness (QED) is 0.206. The lowest BCUT2D eigenvalue weighted by Crippen LogP contribution is -2.50. The largest absolute Gasteiger partial charge is 0.497 e. The minimum atomic E-state index is -0.0547. The van der Waals surface area contributed by atoms with Gasteiger partial charge in [0.1, 0.15) is 5.75 Å². The fourth-order valence-electron chi connectivity index (χ4n) is 6.76. The van der Waals surface area contributed by atoms with E-state index in [1.807, 2.05) is 42.5 Å². The number of fused-ring (bicyclic) bond motifs is 1. The zero-order chi connectivity index (χ0) is 31.9. The molecule has 2 aliphatic heterocycles. The van der Waals surface area contributed by atoms with Gasteiger partial charge in [-0.25, -0.2) is 0 Å². The fraction of sp³-hybridized carbons (Fsp3) is 0.421. The molecule has 1 N–H and O–H groups in total. The molecular formula is C38H46N4O3S. The van der Waals surface area contributed by atoms with Crippen LogP contribution < -0.4 is 15.0 Å². The third-order valence-corrected chi connectivity index (χ3v) is 10.9. The summed E-state index contributed by atoms with van der Waals surface area (Å²) in [5.74, 6) is 0.949. The van der Waals surface area contributed by atoms with Gasteiger partial charge in [-0.2, -0.15) is 0 Å². The monoisotopic (exact) mass is 638 g/mol. The summed E-state index contributed by atoms with van der Waals surface area (Å²) in [5.41, 5.74) is 5.24. The van der Waals surface area contributed by atoms with Crippen LogP contribution >= 0.6 is 11.8 Å². The molecule has 3 aromatic rings. The number of anilines is 1. The number of hydrogen-bond acceptors (Lipinski definition) is 6. The van der Waals surface area contributed by atoms with E-state index in [0.717, 1.165) is 68.2 Å². The first-order valence-electron chi connectivity index (χ1n) is 16.7. The lowest BCUT2D eigenvalue weighted by molar-refractivity contribution is -0.130. The predicted molar refractivity (Wildman–Crippen MR) is 188 cm³/mol. The highest BCUT2D eigenvalue weighted by Crippen LogP contribution is 2.42. The number of piperazine rings is 1. The van der Waals surface area contributed by atoms with Gasteiger partial charge in [0.05, 0.1) is 12.0 Å². The van der Waals surface area contributed by atoms with Crippen molar-refractivity contribution < 1.29 is 14.3 Å². The first-order chi connectivity index (χ1) is 22.5. The number of ether oxygens (including phenoxy) is 1. The summed E-state index contributed by atoms with van der Waals surface area (Å²) >= 11 is 1.75. The Hall–Kier alpha value is -3.75. The molecule has 3 aromatic carbocycles. The summed E-state index contributed by atoms with van der Waals surface area (Å²) in [7, 11) is 1.69. The van der Waals surface area contributed by atoms with Crippen molar-refractivity contribution in [1.29, 1.82) is 0 Å². The van der Waals surface area contributed by atoms with Crippen molar-refractivity contribution in [2.75, 3.05) is 51.3 Å². The van der Waals surface area contributed by atoms with E-state index in [2.05, 4.69) is 63.3 Å². The maximum Gasteiger partial charge on any atom is 0.260 e. The number of carbonyl (C=O) groups is 2. The number of hydrogen-bond donors (Lipinski definition) is 1. The van der Waals surface area contributed by atoms with Crippen LogP contribution in [0.4, 0.5) is 5.69 Å². The molecule has 3 aliphatic rings. The van der Waals surface area contributed by atoms with Crippen molar-refractivity contribution in [2.24, 2.45) is 0 Å². The highest BCUT2D eigenvalue weighted by atomic mass is 32.2. The van der Waals surface area contributed by atoms with Crippen LogP contribution in [0.25, 0.3) is 6.08 Å². The van der Waals surface area contributed by atoms with E-state index in [1.54, 1.807) is 18.9 Å². The van der Waals surface area contributed by atoms with Crippen LogP contribution in [0.3, 0.4) is 0 Å². The van der Waals surface area contributed by atoms with Crippen molar-refractivity contribution in [3.8, 4) is 5.75 Å². The molecular weight excluding hydrogens is 593 g/mol. The van der Waals surface area contributed by atoms with Gasteiger partial charge in [-0.15, -0.1) is 11.8 Å². The average molecular weight is 639 g/mol. The second-order valence-corrected chi connectivity index (χ2v) is 14.0. The molecule has 2 amide bonds. The van der Waals surface area contributed by atoms with Crippen LogP contribution in [-0.2, 0) is 11.3 Å². The maximum atomic E-state index is 13.8. The predicted octanol–water partition coefficient (Wildman–Crippen LogP) is 6.37. The molecule has 7 nitrogen and oxygen atoms in total. The van der Waals surface area contributed by atoms with Gasteiger partial charge in [0.15, 0.2) is 0 Å². The normalized spacial score (nSPS) is 21.3. The standard InChI is InChI=1S/C38H46N4O3S/c1-28-8-10-30(11-9-28)27-42-34-6-3-4-7-35(34)46-36(38(42)44)26-29-12-14-31(15-13-29)37(43)39-20-5-21-40-22-24-41(25-23-40)32-16-18-33(45-2)19-17-32/h8-19,26,34-35H,3-7,20-25,27H2,1-2H3,(H,39,43)/b36-26+. The van der Waals surface area contributed by atoms with Crippen LogP contribution in [0.15, 0.2) is 77.7 Å². The van der Waals surface area contributed by atoms with E-state index >= 15 is 0 Å². The first-order valence-corrected chi connectivity index (χ1v) is 17.6. The van der Waals surface area contributed by atoms with Crippen LogP contribution in [0.1, 0.15) is 59.2 Å². The first kappa shape index (κ1) is 32.2. The molecule has 0 aromatic heterocycles. The van der Waals surface area contributed by atoms with Crippen molar-refractivity contribution in [2.45, 2.75) is 56.9 Å². The topological polar surface area (TPSA) is 65.1 Å². The summed E-state index contributed by atoms with van der Waals surface area (Å²) in [6, 6.07) is 24.7. The Labute approximate surface area is 278 Å². The fourth-order valence-corrected chi connectivity index (χ4v) is 8.24. The number of carbonyl (C=O) groups excluding carboxylic acids is 2. The van der Waals surface area contributed by atoms with Crippen molar-refractivity contribution in [1.82, 2.24) is 15.1 Å². The smallest absolute Gasteiger partial charge is 0.260 e. The van der Waals surface area contributed by atoms with Crippen LogP contribution in [0.2, 0.25) is 0 Å².